The predicted molar refractivity (Wildman–Crippen MR) is 199 cm³/mol. The normalized spacial score (nSPS) is 11.7. The third-order valence-corrected chi connectivity index (χ3v) is 12.0. The third-order valence-electron chi connectivity index (χ3n) is 7.26. The highest BCUT2D eigenvalue weighted by molar-refractivity contribution is 8.13. The molecule has 0 amide bonds. The summed E-state index contributed by atoms with van der Waals surface area (Å²) in [6.45, 7) is -0.977. The van der Waals surface area contributed by atoms with Gasteiger partial charge in [0.25, 0.3) is 5.69 Å². The number of nitro groups is 1. The molecule has 0 aliphatic heterocycles. The molecule has 0 radical (unpaired) electrons. The van der Waals surface area contributed by atoms with Gasteiger partial charge in [0.2, 0.25) is 0 Å². The standard InChI is InChI=1S/C36H30F2NO9PS3/c37-36(38,28-11-16-31-27(23-28)24-32(52-31)35(42)48-30-14-12-29(13-15-30)39(43)44)49(45,46-17-19-50-33(40)21-25-7-3-1-4-8-25)47-18-20-51-34(41)22-26-9-5-2-6-10-26/h1-16,23-24H,17-22H2. The Bertz CT molecular complexity index is 2020. The first-order chi connectivity index (χ1) is 24.9. The van der Waals surface area contributed by atoms with Crippen LogP contribution in [0.1, 0.15) is 26.4 Å². The van der Waals surface area contributed by atoms with Crippen molar-refractivity contribution in [3.8, 4) is 5.75 Å². The van der Waals surface area contributed by atoms with Crippen molar-refractivity contribution in [3.63, 3.8) is 0 Å². The van der Waals surface area contributed by atoms with E-state index in [-0.39, 0.29) is 56.3 Å². The van der Waals surface area contributed by atoms with Crippen molar-refractivity contribution in [2.24, 2.45) is 0 Å². The second-order valence-electron chi connectivity index (χ2n) is 11.0. The largest absolute Gasteiger partial charge is 0.422 e. The molecule has 0 aliphatic rings. The van der Waals surface area contributed by atoms with E-state index < -0.39 is 42.9 Å². The van der Waals surface area contributed by atoms with E-state index in [2.05, 4.69) is 0 Å². The lowest BCUT2D eigenvalue weighted by molar-refractivity contribution is -0.384. The highest BCUT2D eigenvalue weighted by Gasteiger charge is 2.55. The summed E-state index contributed by atoms with van der Waals surface area (Å²) in [4.78, 5) is 48.1. The van der Waals surface area contributed by atoms with Crippen LogP contribution < -0.4 is 4.74 Å². The quantitative estimate of drug-likeness (QED) is 0.0223. The Morgan fingerprint density at radius 2 is 1.31 bits per heavy atom. The molecule has 5 aromatic rings. The average Bonchev–Trinajstić information content (AvgIpc) is 3.57. The van der Waals surface area contributed by atoms with E-state index in [1.807, 2.05) is 12.1 Å². The Hall–Kier alpha value is -4.24. The number of alkyl halides is 2. The molecule has 0 saturated heterocycles. The first-order valence-electron chi connectivity index (χ1n) is 15.6. The number of non-ortho nitro benzene ring substituents is 1. The number of hydrogen-bond acceptors (Lipinski definition) is 12. The third kappa shape index (κ3) is 10.4. The summed E-state index contributed by atoms with van der Waals surface area (Å²) in [6, 6.07) is 27.6. The minimum Gasteiger partial charge on any atom is -0.422 e. The average molecular weight is 786 g/mol. The number of thiophene rings is 1. The van der Waals surface area contributed by atoms with E-state index in [1.54, 1.807) is 48.5 Å². The number of esters is 1. The van der Waals surface area contributed by atoms with Gasteiger partial charge in [0.15, 0.2) is 10.2 Å². The zero-order valence-electron chi connectivity index (χ0n) is 27.2. The number of carbonyl (C=O) groups excluding carboxylic acids is 3. The van der Waals surface area contributed by atoms with Crippen LogP contribution in [0.5, 0.6) is 5.75 Å². The lowest BCUT2D eigenvalue weighted by atomic mass is 10.1. The van der Waals surface area contributed by atoms with Crippen LogP contribution in [0.4, 0.5) is 14.5 Å². The summed E-state index contributed by atoms with van der Waals surface area (Å²) < 4.78 is 62.7. The Morgan fingerprint density at radius 1 is 0.769 bits per heavy atom. The summed E-state index contributed by atoms with van der Waals surface area (Å²) in [6.07, 6.45) is 0.238. The van der Waals surface area contributed by atoms with Gasteiger partial charge in [0.1, 0.15) is 10.6 Å². The second kappa shape index (κ2) is 18.0. The van der Waals surface area contributed by atoms with Gasteiger partial charge >= 0.3 is 19.2 Å². The second-order valence-corrected chi connectivity index (χ2v) is 16.4. The highest BCUT2D eigenvalue weighted by Crippen LogP contribution is 2.67. The molecule has 0 aliphatic carbocycles. The van der Waals surface area contributed by atoms with Crippen molar-refractivity contribution in [3.05, 3.63) is 141 Å². The van der Waals surface area contributed by atoms with Gasteiger partial charge in [0, 0.05) is 46.7 Å². The number of hydrogen-bond donors (Lipinski definition) is 0. The summed E-state index contributed by atoms with van der Waals surface area (Å²) in [5, 5.41) is 10.7. The molecule has 0 bridgehead atoms. The maximum absolute atomic E-state index is 16.2. The van der Waals surface area contributed by atoms with Gasteiger partial charge in [-0.25, -0.2) is 4.79 Å². The number of ether oxygens (including phenoxy) is 1. The zero-order valence-corrected chi connectivity index (χ0v) is 30.5. The van der Waals surface area contributed by atoms with Crippen molar-refractivity contribution in [1.29, 1.82) is 0 Å². The van der Waals surface area contributed by atoms with Crippen LogP contribution in [0, 0.1) is 10.1 Å². The fourth-order valence-corrected chi connectivity index (χ4v) is 8.75. The minimum absolute atomic E-state index is 0.0513. The van der Waals surface area contributed by atoms with Gasteiger partial charge in [-0.15, -0.1) is 11.3 Å². The van der Waals surface area contributed by atoms with Gasteiger partial charge in [0.05, 0.1) is 18.1 Å². The van der Waals surface area contributed by atoms with Crippen molar-refractivity contribution in [2.45, 2.75) is 18.5 Å². The Balaban J connectivity index is 1.27. The Morgan fingerprint density at radius 3 is 1.83 bits per heavy atom. The molecule has 0 N–H and O–H groups in total. The topological polar surface area (TPSA) is 139 Å². The first-order valence-corrected chi connectivity index (χ1v) is 19.9. The lowest BCUT2D eigenvalue weighted by Gasteiger charge is -2.26. The van der Waals surface area contributed by atoms with Crippen molar-refractivity contribution in [1.82, 2.24) is 0 Å². The summed E-state index contributed by atoms with van der Waals surface area (Å²) >= 11 is 2.68. The van der Waals surface area contributed by atoms with Crippen LogP contribution in [-0.2, 0) is 41.7 Å². The molecule has 4 aromatic carbocycles. The van der Waals surface area contributed by atoms with Crippen LogP contribution in [-0.4, -0.2) is 45.8 Å². The van der Waals surface area contributed by atoms with Crippen molar-refractivity contribution < 1.29 is 46.4 Å². The number of carbonyl (C=O) groups is 3. The lowest BCUT2D eigenvalue weighted by Crippen LogP contribution is -2.20. The molecule has 16 heteroatoms. The molecular formula is C36H30F2NO9PS3. The van der Waals surface area contributed by atoms with E-state index in [4.69, 9.17) is 13.8 Å². The maximum Gasteiger partial charge on any atom is 0.404 e. The van der Waals surface area contributed by atoms with Crippen LogP contribution in [0.3, 0.4) is 0 Å². The van der Waals surface area contributed by atoms with Crippen LogP contribution in [0.25, 0.3) is 10.1 Å². The van der Waals surface area contributed by atoms with E-state index in [1.165, 1.54) is 36.4 Å². The minimum atomic E-state index is -5.26. The predicted octanol–water partition coefficient (Wildman–Crippen LogP) is 9.31. The number of halogens is 2. The molecule has 0 unspecified atom stereocenters. The van der Waals surface area contributed by atoms with Gasteiger partial charge in [-0.05, 0) is 46.8 Å². The molecule has 270 valence electrons. The van der Waals surface area contributed by atoms with E-state index in [0.29, 0.717) is 4.70 Å². The maximum atomic E-state index is 16.2. The highest BCUT2D eigenvalue weighted by atomic mass is 32.2. The molecule has 0 spiro atoms. The van der Waals surface area contributed by atoms with Crippen LogP contribution in [0.2, 0.25) is 0 Å². The number of nitro benzene ring substituents is 1. The molecule has 5 rings (SSSR count). The number of rotatable bonds is 17. The smallest absolute Gasteiger partial charge is 0.404 e. The molecule has 1 aromatic heterocycles. The molecule has 0 saturated carbocycles. The number of benzene rings is 4. The molecule has 10 nitrogen and oxygen atoms in total. The van der Waals surface area contributed by atoms with Gasteiger partial charge in [-0.2, -0.15) is 8.78 Å². The molecule has 1 heterocycles. The summed E-state index contributed by atoms with van der Waals surface area (Å²) in [7, 11) is -5.26. The number of fused-ring (bicyclic) bond motifs is 1. The fourth-order valence-electron chi connectivity index (χ4n) is 4.73. The van der Waals surface area contributed by atoms with Crippen LogP contribution in [0.15, 0.2) is 109 Å². The van der Waals surface area contributed by atoms with Gasteiger partial charge in [-0.3, -0.25) is 24.3 Å². The molecule has 0 atom stereocenters. The fraction of sp³-hybridized carbons (Fsp3) is 0.194. The number of thioether (sulfide) groups is 2. The van der Waals surface area contributed by atoms with E-state index in [0.717, 1.165) is 58.1 Å². The van der Waals surface area contributed by atoms with Crippen LogP contribution >= 0.6 is 42.5 Å². The Labute approximate surface area is 309 Å². The first kappa shape index (κ1) is 39.0. The Kier molecular flexibility index (Phi) is 13.5. The summed E-state index contributed by atoms with van der Waals surface area (Å²) in [5.41, 5.74) is -3.48. The van der Waals surface area contributed by atoms with Crippen molar-refractivity contribution >= 4 is 74.4 Å². The van der Waals surface area contributed by atoms with E-state index >= 15 is 8.78 Å². The summed E-state index contributed by atoms with van der Waals surface area (Å²) in [5.74, 6) is -0.887. The zero-order chi connectivity index (χ0) is 37.1. The monoisotopic (exact) mass is 785 g/mol. The van der Waals surface area contributed by atoms with E-state index in [9.17, 15) is 29.1 Å². The molecule has 0 fully saturated rings. The number of nitrogens with zero attached hydrogens (tertiary/aromatic N) is 1. The molecule has 52 heavy (non-hydrogen) atoms. The van der Waals surface area contributed by atoms with Crippen molar-refractivity contribution in [2.75, 3.05) is 24.7 Å². The van der Waals surface area contributed by atoms with Gasteiger partial charge < -0.3 is 13.8 Å². The van der Waals surface area contributed by atoms with Gasteiger partial charge in [-0.1, -0.05) is 90.3 Å². The SMILES string of the molecule is O=C(Cc1ccccc1)SCCOP(=O)(OCCSC(=O)Cc1ccccc1)C(F)(F)c1ccc2sc(C(=O)Oc3ccc([N+](=O)[O-])cc3)cc2c1. The molecular weight excluding hydrogens is 756 g/mol.